The van der Waals surface area contributed by atoms with Crippen LogP contribution in [0.5, 0.6) is 0 Å². The third-order valence-electron chi connectivity index (χ3n) is 3.03. The molecule has 0 aromatic carbocycles. The zero-order valence-electron chi connectivity index (χ0n) is 11.8. The van der Waals surface area contributed by atoms with Crippen molar-refractivity contribution in [3.8, 4) is 0 Å². The molecule has 0 spiro atoms. The zero-order chi connectivity index (χ0) is 14.1. The molecule has 0 saturated heterocycles. The largest absolute Gasteiger partial charge is 0.478 e. The van der Waals surface area contributed by atoms with Crippen molar-refractivity contribution in [3.63, 3.8) is 0 Å². The third-order valence-corrected chi connectivity index (χ3v) is 5.62. The van der Waals surface area contributed by atoms with Gasteiger partial charge in [-0.3, -0.25) is 0 Å². The van der Waals surface area contributed by atoms with E-state index < -0.39 is 10.9 Å². The van der Waals surface area contributed by atoms with Gasteiger partial charge in [0.1, 0.15) is 0 Å². The van der Waals surface area contributed by atoms with Gasteiger partial charge in [-0.15, -0.1) is 23.5 Å². The SMILES string of the molecule is CCCCSC1=COC(SCCCC)(C(=O)O)CC1. The molecule has 3 nitrogen and oxygen atoms in total. The van der Waals surface area contributed by atoms with Crippen molar-refractivity contribution >= 4 is 29.5 Å². The van der Waals surface area contributed by atoms with Gasteiger partial charge in [-0.25, -0.2) is 4.79 Å². The Hall–Kier alpha value is -0.290. The summed E-state index contributed by atoms with van der Waals surface area (Å²) in [6, 6.07) is 0. The molecule has 1 heterocycles. The zero-order valence-corrected chi connectivity index (χ0v) is 13.4. The van der Waals surface area contributed by atoms with Crippen molar-refractivity contribution in [2.75, 3.05) is 11.5 Å². The van der Waals surface area contributed by atoms with Crippen molar-refractivity contribution < 1.29 is 14.6 Å². The van der Waals surface area contributed by atoms with Crippen LogP contribution in [0, 0.1) is 0 Å². The molecule has 1 atom stereocenters. The molecule has 0 aromatic heterocycles. The molecule has 0 bridgehead atoms. The summed E-state index contributed by atoms with van der Waals surface area (Å²) in [6.45, 7) is 4.28. The van der Waals surface area contributed by atoms with Crippen molar-refractivity contribution in [3.05, 3.63) is 11.2 Å². The predicted octanol–water partition coefficient (Wildman–Crippen LogP) is 4.49. The first-order valence-corrected chi connectivity index (χ1v) is 8.98. The highest BCUT2D eigenvalue weighted by Crippen LogP contribution is 2.40. The molecule has 19 heavy (non-hydrogen) atoms. The molecule has 1 N–H and O–H groups in total. The van der Waals surface area contributed by atoms with Crippen LogP contribution >= 0.6 is 23.5 Å². The maximum absolute atomic E-state index is 11.5. The quantitative estimate of drug-likeness (QED) is 0.636. The second-order valence-electron chi connectivity index (χ2n) is 4.66. The molecule has 0 aliphatic carbocycles. The molecule has 1 rings (SSSR count). The lowest BCUT2D eigenvalue weighted by Gasteiger charge is -2.32. The Bertz CT molecular complexity index is 318. The van der Waals surface area contributed by atoms with Gasteiger partial charge >= 0.3 is 5.97 Å². The van der Waals surface area contributed by atoms with Crippen molar-refractivity contribution in [1.82, 2.24) is 0 Å². The van der Waals surface area contributed by atoms with Gasteiger partial charge in [0.25, 0.3) is 4.93 Å². The summed E-state index contributed by atoms with van der Waals surface area (Å²) in [6.07, 6.45) is 7.56. The molecule has 1 aliphatic rings. The molecule has 0 radical (unpaired) electrons. The Balaban J connectivity index is 2.50. The first-order chi connectivity index (χ1) is 9.14. The van der Waals surface area contributed by atoms with Crippen molar-refractivity contribution in [2.45, 2.75) is 57.3 Å². The van der Waals surface area contributed by atoms with Gasteiger partial charge in [0, 0.05) is 11.3 Å². The monoisotopic (exact) mass is 304 g/mol. The molecule has 0 fully saturated rings. The number of ether oxygens (including phenoxy) is 1. The lowest BCUT2D eigenvalue weighted by Crippen LogP contribution is -2.39. The minimum absolute atomic E-state index is 0.571. The number of carboxylic acids is 1. The second-order valence-corrected chi connectivity index (χ2v) is 7.24. The summed E-state index contributed by atoms with van der Waals surface area (Å²) >= 11 is 3.23. The highest BCUT2D eigenvalue weighted by Gasteiger charge is 2.42. The van der Waals surface area contributed by atoms with Crippen LogP contribution in [0.4, 0.5) is 0 Å². The molecule has 1 unspecified atom stereocenters. The number of hydrogen-bond donors (Lipinski definition) is 1. The minimum atomic E-state index is -1.05. The molecular formula is C14H24O3S2. The smallest absolute Gasteiger partial charge is 0.358 e. The van der Waals surface area contributed by atoms with E-state index in [-0.39, 0.29) is 0 Å². The van der Waals surface area contributed by atoms with Crippen molar-refractivity contribution in [2.24, 2.45) is 0 Å². The van der Waals surface area contributed by atoms with Gasteiger partial charge in [0.2, 0.25) is 0 Å². The second kappa shape index (κ2) is 8.80. The highest BCUT2D eigenvalue weighted by molar-refractivity contribution is 8.03. The fourth-order valence-electron chi connectivity index (χ4n) is 1.73. The predicted molar refractivity (Wildman–Crippen MR) is 83.5 cm³/mol. The Morgan fingerprint density at radius 3 is 2.58 bits per heavy atom. The molecule has 1 aliphatic heterocycles. The van der Waals surface area contributed by atoms with Gasteiger partial charge in [-0.1, -0.05) is 26.7 Å². The van der Waals surface area contributed by atoms with Crippen LogP contribution in [0.2, 0.25) is 0 Å². The molecule has 0 amide bonds. The summed E-state index contributed by atoms with van der Waals surface area (Å²) in [5.41, 5.74) is 0. The fourth-order valence-corrected chi connectivity index (χ4v) is 4.03. The molecule has 0 saturated carbocycles. The van der Waals surface area contributed by atoms with Gasteiger partial charge in [-0.2, -0.15) is 0 Å². The van der Waals surface area contributed by atoms with Crippen LogP contribution in [-0.4, -0.2) is 27.5 Å². The van der Waals surface area contributed by atoms with E-state index in [2.05, 4.69) is 13.8 Å². The fraction of sp³-hybridized carbons (Fsp3) is 0.786. The average Bonchev–Trinajstić information content (AvgIpc) is 2.41. The van der Waals surface area contributed by atoms with E-state index in [4.69, 9.17) is 4.74 Å². The normalized spacial score (nSPS) is 22.7. The number of carbonyl (C=O) groups is 1. The molecule has 0 aromatic rings. The summed E-state index contributed by atoms with van der Waals surface area (Å²) < 4.78 is 5.60. The number of aliphatic carboxylic acids is 1. The summed E-state index contributed by atoms with van der Waals surface area (Å²) in [5.74, 6) is 1.09. The van der Waals surface area contributed by atoms with Crippen LogP contribution in [0.25, 0.3) is 0 Å². The number of unbranched alkanes of at least 4 members (excludes halogenated alkanes) is 2. The van der Waals surface area contributed by atoms with Crippen LogP contribution in [0.1, 0.15) is 52.4 Å². The average molecular weight is 304 g/mol. The maximum Gasteiger partial charge on any atom is 0.358 e. The lowest BCUT2D eigenvalue weighted by atomic mass is 10.1. The van der Waals surface area contributed by atoms with E-state index in [1.165, 1.54) is 29.5 Å². The minimum Gasteiger partial charge on any atom is -0.478 e. The van der Waals surface area contributed by atoms with Crippen LogP contribution in [0.3, 0.4) is 0 Å². The van der Waals surface area contributed by atoms with Crippen LogP contribution < -0.4 is 0 Å². The van der Waals surface area contributed by atoms with Crippen LogP contribution in [-0.2, 0) is 9.53 Å². The molecule has 5 heteroatoms. The first kappa shape index (κ1) is 16.8. The Morgan fingerprint density at radius 1 is 1.37 bits per heavy atom. The van der Waals surface area contributed by atoms with E-state index in [0.717, 1.165) is 30.8 Å². The van der Waals surface area contributed by atoms with E-state index in [0.29, 0.717) is 6.42 Å². The van der Waals surface area contributed by atoms with Gasteiger partial charge in [-0.05, 0) is 30.8 Å². The Morgan fingerprint density at radius 2 is 2.05 bits per heavy atom. The van der Waals surface area contributed by atoms with Gasteiger partial charge in [0.15, 0.2) is 0 Å². The summed E-state index contributed by atoms with van der Waals surface area (Å²) in [4.78, 5) is 11.6. The first-order valence-electron chi connectivity index (χ1n) is 7.01. The molecule has 110 valence electrons. The standard InChI is InChI=1S/C14H24O3S2/c1-3-5-9-18-12-7-8-14(13(15)16,17-11-12)19-10-6-4-2/h11H,3-10H2,1-2H3,(H,15,16). The van der Waals surface area contributed by atoms with Gasteiger partial charge < -0.3 is 9.84 Å². The highest BCUT2D eigenvalue weighted by atomic mass is 32.2. The number of carboxylic acid groups (broad SMARTS) is 1. The number of rotatable bonds is 9. The van der Waals surface area contributed by atoms with Crippen LogP contribution in [0.15, 0.2) is 11.2 Å². The van der Waals surface area contributed by atoms with E-state index in [1.54, 1.807) is 18.0 Å². The van der Waals surface area contributed by atoms with Crippen molar-refractivity contribution in [1.29, 1.82) is 0 Å². The van der Waals surface area contributed by atoms with E-state index >= 15 is 0 Å². The third kappa shape index (κ3) is 5.30. The van der Waals surface area contributed by atoms with Gasteiger partial charge in [0.05, 0.1) is 6.26 Å². The lowest BCUT2D eigenvalue weighted by molar-refractivity contribution is -0.150. The molecular weight excluding hydrogens is 280 g/mol. The summed E-state index contributed by atoms with van der Waals surface area (Å²) in [7, 11) is 0. The maximum atomic E-state index is 11.5. The topological polar surface area (TPSA) is 46.5 Å². The number of thioether (sulfide) groups is 2. The van der Waals surface area contributed by atoms with E-state index in [1.807, 2.05) is 0 Å². The Labute approximate surface area is 124 Å². The number of hydrogen-bond acceptors (Lipinski definition) is 4. The number of allylic oxidation sites excluding steroid dienone is 1. The Kier molecular flexibility index (Phi) is 7.76. The van der Waals surface area contributed by atoms with E-state index in [9.17, 15) is 9.90 Å². The summed E-state index contributed by atoms with van der Waals surface area (Å²) in [5, 5.41) is 9.41.